The molecular formula is C16H28N2O. The summed E-state index contributed by atoms with van der Waals surface area (Å²) in [5, 5.41) is 3.52. The van der Waals surface area contributed by atoms with Crippen molar-refractivity contribution in [1.82, 2.24) is 5.32 Å². The van der Waals surface area contributed by atoms with E-state index in [1.807, 2.05) is 0 Å². The topological polar surface area (TPSA) is 47.3 Å². The fraction of sp³-hybridized carbons (Fsp3) is 0.625. The number of benzene rings is 1. The highest BCUT2D eigenvalue weighted by Crippen LogP contribution is 2.18. The second-order valence-electron chi connectivity index (χ2n) is 5.87. The Morgan fingerprint density at radius 2 is 1.79 bits per heavy atom. The number of hydrogen-bond acceptors (Lipinski definition) is 3. The minimum absolute atomic E-state index is 0.273. The predicted octanol–water partition coefficient (Wildman–Crippen LogP) is 2.34. The van der Waals surface area contributed by atoms with Gasteiger partial charge in [0, 0.05) is 26.8 Å². The molecule has 0 aliphatic rings. The Bertz CT molecular complexity index is 346. The number of methoxy groups -OCH3 is 1. The van der Waals surface area contributed by atoms with Crippen molar-refractivity contribution in [3.8, 4) is 0 Å². The van der Waals surface area contributed by atoms with E-state index in [2.05, 4.69) is 43.4 Å². The molecule has 0 spiro atoms. The molecule has 1 rings (SSSR count). The maximum atomic E-state index is 5.54. The first-order valence-corrected chi connectivity index (χ1v) is 7.05. The zero-order valence-corrected chi connectivity index (χ0v) is 12.5. The second kappa shape index (κ2) is 8.31. The van der Waals surface area contributed by atoms with Crippen LogP contribution < -0.4 is 11.1 Å². The van der Waals surface area contributed by atoms with Crippen molar-refractivity contribution in [2.24, 2.45) is 11.1 Å². The first-order chi connectivity index (χ1) is 9.07. The van der Waals surface area contributed by atoms with Crippen LogP contribution in [0.5, 0.6) is 0 Å². The molecule has 0 unspecified atom stereocenters. The molecule has 0 fully saturated rings. The summed E-state index contributed by atoms with van der Waals surface area (Å²) in [6.45, 7) is 7.99. The van der Waals surface area contributed by atoms with Gasteiger partial charge in [-0.2, -0.15) is 0 Å². The largest absolute Gasteiger partial charge is 0.385 e. The molecule has 0 saturated carbocycles. The molecule has 0 aliphatic carbocycles. The summed E-state index contributed by atoms with van der Waals surface area (Å²) in [5.41, 5.74) is 8.45. The zero-order valence-electron chi connectivity index (χ0n) is 12.5. The first-order valence-electron chi connectivity index (χ1n) is 7.05. The monoisotopic (exact) mass is 264 g/mol. The molecule has 0 bridgehead atoms. The summed E-state index contributed by atoms with van der Waals surface area (Å²) in [4.78, 5) is 0. The van der Waals surface area contributed by atoms with Gasteiger partial charge in [-0.25, -0.2) is 0 Å². The molecule has 0 saturated heterocycles. The minimum atomic E-state index is 0.273. The summed E-state index contributed by atoms with van der Waals surface area (Å²) in [6.07, 6.45) is 2.03. The lowest BCUT2D eigenvalue weighted by atomic mass is 9.89. The molecule has 0 radical (unpaired) electrons. The average molecular weight is 264 g/mol. The number of rotatable bonds is 9. The average Bonchev–Trinajstić information content (AvgIpc) is 2.39. The molecule has 0 heterocycles. The van der Waals surface area contributed by atoms with E-state index in [-0.39, 0.29) is 5.41 Å². The lowest BCUT2D eigenvalue weighted by Gasteiger charge is -2.24. The standard InChI is InChI=1S/C16H28N2O/c1-16(2,9-11-19-3)13-18-12-15-6-4-14(5-7-15)8-10-17/h4-7,18H,8-13,17H2,1-3H3. The summed E-state index contributed by atoms with van der Waals surface area (Å²) in [5.74, 6) is 0. The molecule has 0 aliphatic heterocycles. The number of ether oxygens (including phenoxy) is 1. The molecule has 3 nitrogen and oxygen atoms in total. The Hall–Kier alpha value is -0.900. The summed E-state index contributed by atoms with van der Waals surface area (Å²) < 4.78 is 5.14. The van der Waals surface area contributed by atoms with Crippen molar-refractivity contribution in [3.63, 3.8) is 0 Å². The van der Waals surface area contributed by atoms with Crippen LogP contribution in [0.25, 0.3) is 0 Å². The number of hydrogen-bond donors (Lipinski definition) is 2. The lowest BCUT2D eigenvalue weighted by Crippen LogP contribution is -2.30. The Morgan fingerprint density at radius 3 is 2.37 bits per heavy atom. The van der Waals surface area contributed by atoms with E-state index >= 15 is 0 Å². The number of nitrogens with two attached hydrogens (primary N) is 1. The van der Waals surface area contributed by atoms with Crippen molar-refractivity contribution in [2.75, 3.05) is 26.8 Å². The maximum Gasteiger partial charge on any atom is 0.0467 e. The van der Waals surface area contributed by atoms with Gasteiger partial charge in [0.25, 0.3) is 0 Å². The Balaban J connectivity index is 2.32. The quantitative estimate of drug-likeness (QED) is 0.719. The summed E-state index contributed by atoms with van der Waals surface area (Å²) in [6, 6.07) is 8.69. The third kappa shape index (κ3) is 6.71. The highest BCUT2D eigenvalue weighted by atomic mass is 16.5. The van der Waals surface area contributed by atoms with Crippen LogP contribution in [0, 0.1) is 5.41 Å². The Morgan fingerprint density at radius 1 is 1.16 bits per heavy atom. The molecule has 19 heavy (non-hydrogen) atoms. The van der Waals surface area contributed by atoms with Gasteiger partial charge in [-0.1, -0.05) is 38.1 Å². The normalized spacial score (nSPS) is 11.8. The van der Waals surface area contributed by atoms with Gasteiger partial charge >= 0.3 is 0 Å². The molecule has 0 amide bonds. The van der Waals surface area contributed by atoms with Crippen molar-refractivity contribution in [2.45, 2.75) is 33.2 Å². The molecule has 0 aromatic heterocycles. The van der Waals surface area contributed by atoms with Crippen LogP contribution in [0.1, 0.15) is 31.4 Å². The van der Waals surface area contributed by atoms with Gasteiger partial charge in [0.05, 0.1) is 0 Å². The summed E-state index contributed by atoms with van der Waals surface area (Å²) in [7, 11) is 1.76. The molecular weight excluding hydrogens is 236 g/mol. The number of nitrogens with one attached hydrogen (secondary N) is 1. The van der Waals surface area contributed by atoms with Gasteiger partial charge in [-0.05, 0) is 35.9 Å². The van der Waals surface area contributed by atoms with Gasteiger partial charge in [0.2, 0.25) is 0 Å². The van der Waals surface area contributed by atoms with Crippen LogP contribution in [-0.2, 0) is 17.7 Å². The SMILES string of the molecule is COCCC(C)(C)CNCc1ccc(CCN)cc1. The van der Waals surface area contributed by atoms with E-state index in [0.29, 0.717) is 6.54 Å². The highest BCUT2D eigenvalue weighted by molar-refractivity contribution is 5.22. The fourth-order valence-corrected chi connectivity index (χ4v) is 2.00. The van der Waals surface area contributed by atoms with Crippen LogP contribution >= 0.6 is 0 Å². The van der Waals surface area contributed by atoms with Crippen molar-refractivity contribution < 1.29 is 4.74 Å². The van der Waals surface area contributed by atoms with Crippen molar-refractivity contribution in [3.05, 3.63) is 35.4 Å². The Kier molecular flexibility index (Phi) is 7.06. The fourth-order valence-electron chi connectivity index (χ4n) is 2.00. The van der Waals surface area contributed by atoms with Gasteiger partial charge in [-0.3, -0.25) is 0 Å². The first kappa shape index (κ1) is 16.2. The van der Waals surface area contributed by atoms with Crippen LogP contribution in [0.4, 0.5) is 0 Å². The molecule has 1 aromatic rings. The lowest BCUT2D eigenvalue weighted by molar-refractivity contribution is 0.150. The van der Waals surface area contributed by atoms with Gasteiger partial charge < -0.3 is 15.8 Å². The van der Waals surface area contributed by atoms with E-state index in [4.69, 9.17) is 10.5 Å². The van der Waals surface area contributed by atoms with Crippen molar-refractivity contribution in [1.29, 1.82) is 0 Å². The zero-order chi connectivity index (χ0) is 14.1. The van der Waals surface area contributed by atoms with Gasteiger partial charge in [0.15, 0.2) is 0 Å². The predicted molar refractivity (Wildman–Crippen MR) is 81.2 cm³/mol. The third-order valence-corrected chi connectivity index (χ3v) is 3.37. The Labute approximate surface area is 117 Å². The van der Waals surface area contributed by atoms with E-state index < -0.39 is 0 Å². The van der Waals surface area contributed by atoms with E-state index in [0.717, 1.165) is 32.5 Å². The molecule has 3 heteroatoms. The van der Waals surface area contributed by atoms with E-state index in [9.17, 15) is 0 Å². The third-order valence-electron chi connectivity index (χ3n) is 3.37. The highest BCUT2D eigenvalue weighted by Gasteiger charge is 2.16. The van der Waals surface area contributed by atoms with Crippen LogP contribution in [-0.4, -0.2) is 26.8 Å². The van der Waals surface area contributed by atoms with Crippen LogP contribution in [0.2, 0.25) is 0 Å². The van der Waals surface area contributed by atoms with Gasteiger partial charge in [0.1, 0.15) is 0 Å². The van der Waals surface area contributed by atoms with E-state index in [1.54, 1.807) is 7.11 Å². The molecule has 1 aromatic carbocycles. The maximum absolute atomic E-state index is 5.54. The minimum Gasteiger partial charge on any atom is -0.385 e. The van der Waals surface area contributed by atoms with E-state index in [1.165, 1.54) is 11.1 Å². The van der Waals surface area contributed by atoms with Gasteiger partial charge in [-0.15, -0.1) is 0 Å². The summed E-state index contributed by atoms with van der Waals surface area (Å²) >= 11 is 0. The van der Waals surface area contributed by atoms with Crippen molar-refractivity contribution >= 4 is 0 Å². The van der Waals surface area contributed by atoms with Crippen LogP contribution in [0.3, 0.4) is 0 Å². The molecule has 0 atom stereocenters. The molecule has 108 valence electrons. The van der Waals surface area contributed by atoms with Crippen LogP contribution in [0.15, 0.2) is 24.3 Å². The molecule has 3 N–H and O–H groups in total. The second-order valence-corrected chi connectivity index (χ2v) is 5.87. The smallest absolute Gasteiger partial charge is 0.0467 e.